The lowest BCUT2D eigenvalue weighted by Crippen LogP contribution is -2.45. The first-order valence-electron chi connectivity index (χ1n) is 8.91. The fraction of sp³-hybridized carbons (Fsp3) is 0.526. The number of carbonyl (C=O) groups is 2. The van der Waals surface area contributed by atoms with Crippen molar-refractivity contribution < 1.29 is 14.0 Å². The molecule has 0 unspecified atom stereocenters. The predicted molar refractivity (Wildman–Crippen MR) is 93.5 cm³/mol. The van der Waals surface area contributed by atoms with Crippen LogP contribution in [-0.4, -0.2) is 47.6 Å². The van der Waals surface area contributed by atoms with Gasteiger partial charge in [0.25, 0.3) is 5.91 Å². The van der Waals surface area contributed by atoms with Crippen molar-refractivity contribution in [1.29, 1.82) is 0 Å². The van der Waals surface area contributed by atoms with Crippen molar-refractivity contribution in [2.75, 3.05) is 20.1 Å². The van der Waals surface area contributed by atoms with Gasteiger partial charge in [-0.05, 0) is 43.2 Å². The average Bonchev–Trinajstić information content (AvgIpc) is 2.63. The topological polar surface area (TPSA) is 53.0 Å². The Balaban J connectivity index is 1.57. The molecule has 2 aliphatic rings. The highest BCUT2D eigenvalue weighted by molar-refractivity contribution is 6.39. The fourth-order valence-electron chi connectivity index (χ4n) is 3.55. The molecular formula is C19H24FN3O2. The Bertz CT molecular complexity index is 689. The second-order valence-corrected chi connectivity index (χ2v) is 6.85. The summed E-state index contributed by atoms with van der Waals surface area (Å²) >= 11 is 0. The normalized spacial score (nSPS) is 21.3. The van der Waals surface area contributed by atoms with Gasteiger partial charge >= 0.3 is 0 Å². The van der Waals surface area contributed by atoms with Gasteiger partial charge in [0.1, 0.15) is 11.5 Å². The second-order valence-electron chi connectivity index (χ2n) is 6.85. The van der Waals surface area contributed by atoms with Gasteiger partial charge in [0.2, 0.25) is 5.91 Å². The van der Waals surface area contributed by atoms with Gasteiger partial charge in [-0.2, -0.15) is 5.10 Å². The maximum absolute atomic E-state index is 13.7. The van der Waals surface area contributed by atoms with E-state index in [1.54, 1.807) is 13.1 Å². The lowest BCUT2D eigenvalue weighted by atomic mass is 9.91. The molecule has 5 nitrogen and oxygen atoms in total. The number of hydrogen-bond acceptors (Lipinski definition) is 3. The summed E-state index contributed by atoms with van der Waals surface area (Å²) in [6.45, 7) is 1.41. The summed E-state index contributed by atoms with van der Waals surface area (Å²) in [5.41, 5.74) is 1.21. The van der Waals surface area contributed by atoms with Crippen molar-refractivity contribution >= 4 is 17.5 Å². The highest BCUT2D eigenvalue weighted by Crippen LogP contribution is 2.23. The molecule has 3 rings (SSSR count). The van der Waals surface area contributed by atoms with E-state index in [1.165, 1.54) is 11.1 Å². The Labute approximate surface area is 147 Å². The van der Waals surface area contributed by atoms with Gasteiger partial charge in [0, 0.05) is 33.0 Å². The van der Waals surface area contributed by atoms with E-state index in [0.29, 0.717) is 37.4 Å². The molecule has 25 heavy (non-hydrogen) atoms. The van der Waals surface area contributed by atoms with E-state index in [-0.39, 0.29) is 17.6 Å². The molecule has 1 aromatic rings. The molecular weight excluding hydrogens is 321 g/mol. The zero-order valence-corrected chi connectivity index (χ0v) is 14.6. The summed E-state index contributed by atoms with van der Waals surface area (Å²) < 4.78 is 13.7. The SMILES string of the molecule is CN1N=C(C(=O)N2CCC[C@H](CCc3ccccc3F)C2)CCC1=O. The largest absolute Gasteiger partial charge is 0.337 e. The lowest BCUT2D eigenvalue weighted by Gasteiger charge is -2.34. The summed E-state index contributed by atoms with van der Waals surface area (Å²) in [5, 5.41) is 5.39. The number of rotatable bonds is 4. The molecule has 1 atom stereocenters. The van der Waals surface area contributed by atoms with Gasteiger partial charge in [-0.1, -0.05) is 18.2 Å². The van der Waals surface area contributed by atoms with Crippen LogP contribution in [0.2, 0.25) is 0 Å². The third-order valence-corrected chi connectivity index (χ3v) is 5.04. The number of piperidine rings is 1. The van der Waals surface area contributed by atoms with Crippen LogP contribution in [0.15, 0.2) is 29.4 Å². The number of nitrogens with zero attached hydrogens (tertiary/aromatic N) is 3. The van der Waals surface area contributed by atoms with Crippen LogP contribution in [0.1, 0.15) is 37.7 Å². The van der Waals surface area contributed by atoms with Gasteiger partial charge < -0.3 is 4.90 Å². The van der Waals surface area contributed by atoms with Crippen LogP contribution >= 0.6 is 0 Å². The Morgan fingerprint density at radius 2 is 2.12 bits per heavy atom. The molecule has 1 saturated heterocycles. The van der Waals surface area contributed by atoms with Crippen molar-refractivity contribution in [2.24, 2.45) is 11.0 Å². The van der Waals surface area contributed by atoms with Gasteiger partial charge in [-0.25, -0.2) is 9.40 Å². The van der Waals surface area contributed by atoms with Crippen molar-refractivity contribution in [3.63, 3.8) is 0 Å². The van der Waals surface area contributed by atoms with Crippen molar-refractivity contribution in [1.82, 2.24) is 9.91 Å². The zero-order chi connectivity index (χ0) is 17.8. The second kappa shape index (κ2) is 7.76. The van der Waals surface area contributed by atoms with Crippen LogP contribution in [0.3, 0.4) is 0 Å². The van der Waals surface area contributed by atoms with E-state index in [2.05, 4.69) is 5.10 Å². The molecule has 1 fully saturated rings. The van der Waals surface area contributed by atoms with Crippen LogP contribution in [0, 0.1) is 11.7 Å². The monoisotopic (exact) mass is 345 g/mol. The highest BCUT2D eigenvalue weighted by atomic mass is 19.1. The van der Waals surface area contributed by atoms with Crippen LogP contribution in [0.25, 0.3) is 0 Å². The third kappa shape index (κ3) is 4.24. The Kier molecular flexibility index (Phi) is 5.46. The lowest BCUT2D eigenvalue weighted by molar-refractivity contribution is -0.131. The molecule has 0 N–H and O–H groups in total. The molecule has 1 aromatic carbocycles. The van der Waals surface area contributed by atoms with Gasteiger partial charge in [0.15, 0.2) is 0 Å². The van der Waals surface area contributed by atoms with Gasteiger partial charge in [-0.15, -0.1) is 0 Å². The van der Waals surface area contributed by atoms with Crippen molar-refractivity contribution in [3.05, 3.63) is 35.6 Å². The van der Waals surface area contributed by atoms with Crippen LogP contribution < -0.4 is 0 Å². The molecule has 2 aliphatic heterocycles. The minimum Gasteiger partial charge on any atom is -0.337 e. The molecule has 0 spiro atoms. The van der Waals surface area contributed by atoms with Gasteiger partial charge in [0.05, 0.1) is 0 Å². The van der Waals surface area contributed by atoms with Crippen molar-refractivity contribution in [2.45, 2.75) is 38.5 Å². The standard InChI is InChI=1S/C19H24FN3O2/c1-22-18(24)11-10-17(21-22)19(25)23-12-4-5-14(13-23)8-9-15-6-2-3-7-16(15)20/h2-3,6-7,14H,4-5,8-13H2,1H3/t14-/m1/s1. The third-order valence-electron chi connectivity index (χ3n) is 5.04. The average molecular weight is 345 g/mol. The summed E-state index contributed by atoms with van der Waals surface area (Å²) in [7, 11) is 1.59. The number of aryl methyl sites for hydroxylation is 1. The molecule has 0 aromatic heterocycles. The number of halogens is 1. The van der Waals surface area contributed by atoms with Crippen LogP contribution in [0.4, 0.5) is 4.39 Å². The number of carbonyl (C=O) groups excluding carboxylic acids is 2. The molecule has 2 heterocycles. The van der Waals surface area contributed by atoms with E-state index in [0.717, 1.165) is 31.4 Å². The summed E-state index contributed by atoms with van der Waals surface area (Å²) in [4.78, 5) is 26.0. The minimum absolute atomic E-state index is 0.0574. The number of likely N-dealkylation sites (tertiary alicyclic amines) is 1. The Morgan fingerprint density at radius 3 is 2.88 bits per heavy atom. The maximum Gasteiger partial charge on any atom is 0.270 e. The Morgan fingerprint density at radius 1 is 1.32 bits per heavy atom. The highest BCUT2D eigenvalue weighted by Gasteiger charge is 2.29. The first-order chi connectivity index (χ1) is 12.0. The molecule has 0 radical (unpaired) electrons. The van der Waals surface area contributed by atoms with Crippen LogP contribution in [-0.2, 0) is 16.0 Å². The predicted octanol–water partition coefficient (Wildman–Crippen LogP) is 2.61. The fourth-order valence-corrected chi connectivity index (χ4v) is 3.55. The number of benzene rings is 1. The number of hydrogen-bond donors (Lipinski definition) is 0. The molecule has 0 saturated carbocycles. The smallest absolute Gasteiger partial charge is 0.270 e. The van der Waals surface area contributed by atoms with E-state index >= 15 is 0 Å². The first-order valence-corrected chi connectivity index (χ1v) is 8.91. The van der Waals surface area contributed by atoms with Crippen LogP contribution in [0.5, 0.6) is 0 Å². The van der Waals surface area contributed by atoms with E-state index < -0.39 is 0 Å². The summed E-state index contributed by atoms with van der Waals surface area (Å²) in [6.07, 6.45) is 4.33. The molecule has 2 amide bonds. The zero-order valence-electron chi connectivity index (χ0n) is 14.6. The van der Waals surface area contributed by atoms with E-state index in [4.69, 9.17) is 0 Å². The summed E-state index contributed by atoms with van der Waals surface area (Å²) in [6, 6.07) is 6.87. The van der Waals surface area contributed by atoms with Gasteiger partial charge in [-0.3, -0.25) is 9.59 Å². The van der Waals surface area contributed by atoms with E-state index in [1.807, 2.05) is 17.0 Å². The molecule has 6 heteroatoms. The first kappa shape index (κ1) is 17.6. The molecule has 0 aliphatic carbocycles. The van der Waals surface area contributed by atoms with Crippen molar-refractivity contribution in [3.8, 4) is 0 Å². The number of amides is 2. The Hall–Kier alpha value is -2.24. The molecule has 0 bridgehead atoms. The minimum atomic E-state index is -0.157. The quantitative estimate of drug-likeness (QED) is 0.842. The van der Waals surface area contributed by atoms with E-state index in [9.17, 15) is 14.0 Å². The molecule has 134 valence electrons. The maximum atomic E-state index is 13.7. The summed E-state index contributed by atoms with van der Waals surface area (Å²) in [5.74, 6) is 0.101. The number of hydrazone groups is 1.